The van der Waals surface area contributed by atoms with Crippen molar-refractivity contribution in [3.05, 3.63) is 72.9 Å². The summed E-state index contributed by atoms with van der Waals surface area (Å²) >= 11 is 0. The summed E-state index contributed by atoms with van der Waals surface area (Å²) in [5.74, 6) is -0.204. The summed E-state index contributed by atoms with van der Waals surface area (Å²) in [6, 6.07) is -0.840. The first kappa shape index (κ1) is 65.6. The highest BCUT2D eigenvalue weighted by Crippen LogP contribution is 2.23. The predicted molar refractivity (Wildman–Crippen MR) is 295 cm³/mol. The minimum Gasteiger partial charge on any atom is -0.394 e. The number of carbonyl (C=O) groups is 1. The Kier molecular flexibility index (Phi) is 47.1. The third kappa shape index (κ3) is 39.2. The van der Waals surface area contributed by atoms with E-state index in [4.69, 9.17) is 9.47 Å². The zero-order chi connectivity index (χ0) is 50.8. The van der Waals surface area contributed by atoms with Crippen molar-refractivity contribution in [1.29, 1.82) is 0 Å². The van der Waals surface area contributed by atoms with E-state index in [1.807, 2.05) is 6.08 Å². The van der Waals surface area contributed by atoms with Gasteiger partial charge in [-0.05, 0) is 83.5 Å². The van der Waals surface area contributed by atoms with E-state index in [0.717, 1.165) is 83.5 Å². The Morgan fingerprint density at radius 1 is 0.486 bits per heavy atom. The van der Waals surface area contributed by atoms with Crippen LogP contribution in [0.2, 0.25) is 0 Å². The fourth-order valence-electron chi connectivity index (χ4n) is 8.84. The molecule has 1 aliphatic rings. The second-order valence-corrected chi connectivity index (χ2v) is 20.1. The summed E-state index contributed by atoms with van der Waals surface area (Å²) in [4.78, 5) is 13.0. The summed E-state index contributed by atoms with van der Waals surface area (Å²) < 4.78 is 11.2. The van der Waals surface area contributed by atoms with Gasteiger partial charge in [0.25, 0.3) is 0 Å². The second-order valence-electron chi connectivity index (χ2n) is 20.1. The molecular formula is C61H109NO8. The van der Waals surface area contributed by atoms with Gasteiger partial charge in [0.05, 0.1) is 25.4 Å². The quantitative estimate of drug-likeness (QED) is 0.0261. The van der Waals surface area contributed by atoms with E-state index in [1.54, 1.807) is 6.08 Å². The number of hydrogen-bond donors (Lipinski definition) is 6. The molecule has 70 heavy (non-hydrogen) atoms. The molecule has 0 radical (unpaired) electrons. The molecule has 1 amide bonds. The maximum Gasteiger partial charge on any atom is 0.220 e. The van der Waals surface area contributed by atoms with E-state index < -0.39 is 49.5 Å². The largest absolute Gasteiger partial charge is 0.394 e. The van der Waals surface area contributed by atoms with Crippen LogP contribution in [-0.2, 0) is 14.3 Å². The summed E-state index contributed by atoms with van der Waals surface area (Å²) in [6.07, 6.45) is 62.6. The van der Waals surface area contributed by atoms with Crippen LogP contribution in [0.3, 0.4) is 0 Å². The number of unbranched alkanes of at least 4 members (excludes halogenated alkanes) is 29. The molecule has 1 aliphatic heterocycles. The standard InChI is InChI=1S/C61H109NO8/c1-3-5-7-9-11-13-15-17-19-21-23-24-25-26-27-28-29-30-31-33-34-36-38-40-42-44-46-48-50-55(64)54(53-69-61-60(68)59(67)58(66)56(52-63)70-61)62-57(65)51-49-47-45-43-41-39-37-35-32-22-20-18-16-14-12-10-8-6-4-2/h12,14,18,20,32-35,40,42,48,50,54-56,58-61,63-64,66-68H,3-11,13,15-17,19,21-31,36-39,41,43-47,49,51-53H2,1-2H3,(H,62,65)/b14-12-,20-18-,34-33+,35-32-,42-40+,50-48+. The lowest BCUT2D eigenvalue weighted by Gasteiger charge is -2.40. The summed E-state index contributed by atoms with van der Waals surface area (Å²) in [5, 5.41) is 54.5. The van der Waals surface area contributed by atoms with E-state index in [9.17, 15) is 30.3 Å². The maximum absolute atomic E-state index is 13.0. The second kappa shape index (κ2) is 50.2. The van der Waals surface area contributed by atoms with Crippen LogP contribution in [0.25, 0.3) is 0 Å². The van der Waals surface area contributed by atoms with Gasteiger partial charge < -0.3 is 40.3 Å². The van der Waals surface area contributed by atoms with Crippen molar-refractivity contribution in [3.8, 4) is 0 Å². The summed E-state index contributed by atoms with van der Waals surface area (Å²) in [7, 11) is 0. The monoisotopic (exact) mass is 984 g/mol. The van der Waals surface area contributed by atoms with E-state index in [1.165, 1.54) is 148 Å². The van der Waals surface area contributed by atoms with Crippen molar-refractivity contribution >= 4 is 5.91 Å². The van der Waals surface area contributed by atoms with Gasteiger partial charge in [-0.2, -0.15) is 0 Å². The van der Waals surface area contributed by atoms with Crippen LogP contribution >= 0.6 is 0 Å². The highest BCUT2D eigenvalue weighted by molar-refractivity contribution is 5.76. The van der Waals surface area contributed by atoms with Crippen molar-refractivity contribution in [3.63, 3.8) is 0 Å². The molecule has 0 bridgehead atoms. The molecule has 7 unspecified atom stereocenters. The third-order valence-electron chi connectivity index (χ3n) is 13.5. The molecule has 1 saturated heterocycles. The topological polar surface area (TPSA) is 149 Å². The van der Waals surface area contributed by atoms with E-state index >= 15 is 0 Å². The van der Waals surface area contributed by atoms with E-state index in [-0.39, 0.29) is 12.5 Å². The molecule has 0 spiro atoms. The Bertz CT molecular complexity index is 1330. The van der Waals surface area contributed by atoms with Crippen LogP contribution in [0.15, 0.2) is 72.9 Å². The lowest BCUT2D eigenvalue weighted by Crippen LogP contribution is -2.60. The molecule has 0 aromatic rings. The minimum absolute atomic E-state index is 0.204. The average molecular weight is 985 g/mol. The normalized spacial score (nSPS) is 19.9. The van der Waals surface area contributed by atoms with Crippen molar-refractivity contribution < 1.29 is 39.8 Å². The van der Waals surface area contributed by atoms with Crippen molar-refractivity contribution in [2.24, 2.45) is 0 Å². The molecule has 1 rings (SSSR count). The molecule has 1 fully saturated rings. The number of amides is 1. The minimum atomic E-state index is -1.58. The van der Waals surface area contributed by atoms with Crippen LogP contribution < -0.4 is 5.32 Å². The number of hydrogen-bond acceptors (Lipinski definition) is 8. The van der Waals surface area contributed by atoms with E-state index in [0.29, 0.717) is 6.42 Å². The zero-order valence-corrected chi connectivity index (χ0v) is 45.0. The third-order valence-corrected chi connectivity index (χ3v) is 13.5. The molecule has 1 heterocycles. The Balaban J connectivity index is 2.27. The SMILES string of the molecule is CCCCC/C=C\C/C=C\C/C=C\CCCCCCCCC(=O)NC(COC1OC(CO)C(O)C(O)C1O)C(O)/C=C/CC/C=C/CC/C=C/CCCCCCCCCCCCCCCCCCCC. The fourth-order valence-corrected chi connectivity index (χ4v) is 8.84. The van der Waals surface area contributed by atoms with Crippen molar-refractivity contribution in [2.75, 3.05) is 13.2 Å². The first-order chi connectivity index (χ1) is 34.3. The Hall–Kier alpha value is -2.37. The van der Waals surface area contributed by atoms with Gasteiger partial charge in [0.2, 0.25) is 5.91 Å². The maximum atomic E-state index is 13.0. The Morgan fingerprint density at radius 2 is 0.857 bits per heavy atom. The molecule has 9 heteroatoms. The highest BCUT2D eigenvalue weighted by Gasteiger charge is 2.44. The van der Waals surface area contributed by atoms with Crippen LogP contribution in [-0.4, -0.2) is 87.5 Å². The first-order valence-electron chi connectivity index (χ1n) is 29.2. The number of ether oxygens (including phenoxy) is 2. The molecule has 0 aromatic heterocycles. The highest BCUT2D eigenvalue weighted by atomic mass is 16.7. The zero-order valence-electron chi connectivity index (χ0n) is 45.0. The van der Waals surface area contributed by atoms with Gasteiger partial charge >= 0.3 is 0 Å². The number of nitrogens with one attached hydrogen (secondary N) is 1. The van der Waals surface area contributed by atoms with Gasteiger partial charge in [-0.15, -0.1) is 0 Å². The van der Waals surface area contributed by atoms with Crippen molar-refractivity contribution in [2.45, 2.75) is 294 Å². The van der Waals surface area contributed by atoms with Gasteiger partial charge in [-0.3, -0.25) is 4.79 Å². The summed E-state index contributed by atoms with van der Waals surface area (Å²) in [6.45, 7) is 3.73. The lowest BCUT2D eigenvalue weighted by atomic mass is 9.99. The molecule has 0 aliphatic carbocycles. The number of allylic oxidation sites excluding steroid dienone is 11. The Labute approximate surface area is 429 Å². The van der Waals surface area contributed by atoms with Gasteiger partial charge in [-0.25, -0.2) is 0 Å². The van der Waals surface area contributed by atoms with Gasteiger partial charge in [-0.1, -0.05) is 234 Å². The van der Waals surface area contributed by atoms with Gasteiger partial charge in [0.1, 0.15) is 24.4 Å². The molecule has 0 saturated carbocycles. The van der Waals surface area contributed by atoms with Crippen molar-refractivity contribution in [1.82, 2.24) is 5.32 Å². The van der Waals surface area contributed by atoms with Crippen LogP contribution in [0.4, 0.5) is 0 Å². The molecular weight excluding hydrogens is 875 g/mol. The number of aliphatic hydroxyl groups is 5. The molecule has 9 nitrogen and oxygen atoms in total. The summed E-state index contributed by atoms with van der Waals surface area (Å²) in [5.41, 5.74) is 0. The van der Waals surface area contributed by atoms with Crippen LogP contribution in [0.1, 0.15) is 251 Å². The first-order valence-corrected chi connectivity index (χ1v) is 29.2. The molecule has 6 N–H and O–H groups in total. The lowest BCUT2D eigenvalue weighted by molar-refractivity contribution is -0.302. The fraction of sp³-hybridized carbons (Fsp3) is 0.787. The van der Waals surface area contributed by atoms with Crippen LogP contribution in [0.5, 0.6) is 0 Å². The average Bonchev–Trinajstić information content (AvgIpc) is 3.36. The smallest absolute Gasteiger partial charge is 0.220 e. The molecule has 7 atom stereocenters. The Morgan fingerprint density at radius 3 is 1.33 bits per heavy atom. The van der Waals surface area contributed by atoms with Gasteiger partial charge in [0, 0.05) is 6.42 Å². The van der Waals surface area contributed by atoms with Gasteiger partial charge in [0.15, 0.2) is 6.29 Å². The van der Waals surface area contributed by atoms with E-state index in [2.05, 4.69) is 79.9 Å². The number of carbonyl (C=O) groups excluding carboxylic acids is 1. The predicted octanol–water partition coefficient (Wildman–Crippen LogP) is 14.5. The number of rotatable bonds is 49. The number of aliphatic hydroxyl groups excluding tert-OH is 5. The van der Waals surface area contributed by atoms with Crippen LogP contribution in [0, 0.1) is 0 Å². The molecule has 0 aromatic carbocycles. The molecule has 406 valence electrons.